The Bertz CT molecular complexity index is 951. The molecule has 0 unspecified atom stereocenters. The van der Waals surface area contributed by atoms with Crippen LogP contribution in [0.5, 0.6) is 23.0 Å². The lowest BCUT2D eigenvalue weighted by Crippen LogP contribution is -2.21. The molecule has 30 heavy (non-hydrogen) atoms. The first kappa shape index (κ1) is 21.0. The minimum absolute atomic E-state index is 0.0101. The second-order valence-corrected chi connectivity index (χ2v) is 6.47. The second kappa shape index (κ2) is 9.64. The molecule has 9 nitrogen and oxygen atoms in total. The Morgan fingerprint density at radius 1 is 1.00 bits per heavy atom. The number of hydrogen-bond acceptors (Lipinski definition) is 7. The summed E-state index contributed by atoms with van der Waals surface area (Å²) in [6, 6.07) is 9.97. The van der Waals surface area contributed by atoms with Gasteiger partial charge in [0.2, 0.25) is 5.91 Å². The molecule has 2 amide bonds. The Morgan fingerprint density at radius 3 is 2.33 bits per heavy atom. The third-order valence-corrected chi connectivity index (χ3v) is 4.20. The van der Waals surface area contributed by atoms with Crippen LogP contribution in [-0.4, -0.2) is 45.0 Å². The SMILES string of the molecule is COc1cc(OC)cc(C(=O)NN=C(C)CC(=O)Nc2ccc3c(c2)OCCO3)c1. The van der Waals surface area contributed by atoms with Crippen LogP contribution in [0.15, 0.2) is 41.5 Å². The van der Waals surface area contributed by atoms with Crippen LogP contribution in [0.3, 0.4) is 0 Å². The molecular weight excluding hydrogens is 390 g/mol. The second-order valence-electron chi connectivity index (χ2n) is 6.47. The van der Waals surface area contributed by atoms with Gasteiger partial charge in [-0.15, -0.1) is 0 Å². The highest BCUT2D eigenvalue weighted by Crippen LogP contribution is 2.32. The summed E-state index contributed by atoms with van der Waals surface area (Å²) in [5, 5.41) is 6.76. The first-order valence-electron chi connectivity index (χ1n) is 9.24. The van der Waals surface area contributed by atoms with Gasteiger partial charge in [-0.2, -0.15) is 5.10 Å². The number of carbonyl (C=O) groups is 2. The lowest BCUT2D eigenvalue weighted by atomic mass is 10.2. The highest BCUT2D eigenvalue weighted by atomic mass is 16.6. The summed E-state index contributed by atoms with van der Waals surface area (Å²) < 4.78 is 21.3. The molecule has 0 saturated carbocycles. The first-order chi connectivity index (χ1) is 14.5. The largest absolute Gasteiger partial charge is 0.497 e. The number of hydrogen-bond donors (Lipinski definition) is 2. The van der Waals surface area contributed by atoms with Crippen molar-refractivity contribution in [2.45, 2.75) is 13.3 Å². The maximum absolute atomic E-state index is 12.3. The predicted molar refractivity (Wildman–Crippen MR) is 111 cm³/mol. The van der Waals surface area contributed by atoms with E-state index >= 15 is 0 Å². The molecule has 0 bridgehead atoms. The van der Waals surface area contributed by atoms with Crippen molar-refractivity contribution in [3.63, 3.8) is 0 Å². The fourth-order valence-corrected chi connectivity index (χ4v) is 2.75. The van der Waals surface area contributed by atoms with Crippen molar-refractivity contribution in [2.24, 2.45) is 5.10 Å². The van der Waals surface area contributed by atoms with Crippen molar-refractivity contribution in [1.29, 1.82) is 0 Å². The summed E-state index contributed by atoms with van der Waals surface area (Å²) in [7, 11) is 3.00. The monoisotopic (exact) mass is 413 g/mol. The van der Waals surface area contributed by atoms with E-state index in [-0.39, 0.29) is 12.3 Å². The number of methoxy groups -OCH3 is 2. The zero-order valence-corrected chi connectivity index (χ0v) is 17.0. The Morgan fingerprint density at radius 2 is 1.67 bits per heavy atom. The zero-order valence-electron chi connectivity index (χ0n) is 17.0. The molecule has 0 saturated heterocycles. The van der Waals surface area contributed by atoms with E-state index in [0.29, 0.717) is 53.2 Å². The van der Waals surface area contributed by atoms with E-state index < -0.39 is 5.91 Å². The van der Waals surface area contributed by atoms with Crippen molar-refractivity contribution in [3.05, 3.63) is 42.0 Å². The number of nitrogens with zero attached hydrogens (tertiary/aromatic N) is 1. The van der Waals surface area contributed by atoms with Crippen molar-refractivity contribution in [1.82, 2.24) is 5.43 Å². The quantitative estimate of drug-likeness (QED) is 0.534. The van der Waals surface area contributed by atoms with Gasteiger partial charge in [0.1, 0.15) is 24.7 Å². The number of carbonyl (C=O) groups excluding carboxylic acids is 2. The number of amides is 2. The molecule has 0 atom stereocenters. The molecule has 0 radical (unpaired) electrons. The fourth-order valence-electron chi connectivity index (χ4n) is 2.75. The molecule has 1 aliphatic heterocycles. The topological polar surface area (TPSA) is 107 Å². The maximum atomic E-state index is 12.3. The summed E-state index contributed by atoms with van der Waals surface area (Å²) in [6.07, 6.45) is 0.0101. The summed E-state index contributed by atoms with van der Waals surface area (Å²) in [5.41, 5.74) is 3.78. The van der Waals surface area contributed by atoms with Crippen molar-refractivity contribution in [3.8, 4) is 23.0 Å². The highest BCUT2D eigenvalue weighted by Gasteiger charge is 2.14. The molecule has 9 heteroatoms. The van der Waals surface area contributed by atoms with Gasteiger partial charge in [0, 0.05) is 29.1 Å². The van der Waals surface area contributed by atoms with E-state index in [4.69, 9.17) is 18.9 Å². The van der Waals surface area contributed by atoms with Crippen LogP contribution in [0.2, 0.25) is 0 Å². The van der Waals surface area contributed by atoms with Gasteiger partial charge in [0.25, 0.3) is 5.91 Å². The van der Waals surface area contributed by atoms with Gasteiger partial charge in [0.05, 0.1) is 20.6 Å². The molecule has 0 fully saturated rings. The van der Waals surface area contributed by atoms with Crippen LogP contribution in [0, 0.1) is 0 Å². The molecule has 2 N–H and O–H groups in total. The van der Waals surface area contributed by atoms with Crippen LogP contribution in [0.4, 0.5) is 5.69 Å². The Balaban J connectivity index is 1.57. The zero-order chi connectivity index (χ0) is 21.5. The summed E-state index contributed by atoms with van der Waals surface area (Å²) in [4.78, 5) is 24.6. The lowest BCUT2D eigenvalue weighted by Gasteiger charge is -2.19. The number of hydrazone groups is 1. The average Bonchev–Trinajstić information content (AvgIpc) is 2.76. The van der Waals surface area contributed by atoms with Crippen LogP contribution in [-0.2, 0) is 4.79 Å². The van der Waals surface area contributed by atoms with Crippen molar-refractivity contribution < 1.29 is 28.5 Å². The van der Waals surface area contributed by atoms with Crippen LogP contribution >= 0.6 is 0 Å². The van der Waals surface area contributed by atoms with Gasteiger partial charge in [-0.25, -0.2) is 5.43 Å². The van der Waals surface area contributed by atoms with Gasteiger partial charge in [-0.05, 0) is 31.2 Å². The number of anilines is 1. The smallest absolute Gasteiger partial charge is 0.271 e. The number of benzene rings is 2. The van der Waals surface area contributed by atoms with Gasteiger partial charge >= 0.3 is 0 Å². The van der Waals surface area contributed by atoms with E-state index in [9.17, 15) is 9.59 Å². The van der Waals surface area contributed by atoms with Gasteiger partial charge in [0.15, 0.2) is 11.5 Å². The van der Waals surface area contributed by atoms with Gasteiger partial charge < -0.3 is 24.3 Å². The number of nitrogens with one attached hydrogen (secondary N) is 2. The van der Waals surface area contributed by atoms with Crippen molar-refractivity contribution >= 4 is 23.2 Å². The normalized spacial score (nSPS) is 12.7. The molecule has 158 valence electrons. The molecule has 3 rings (SSSR count). The molecule has 0 spiro atoms. The maximum Gasteiger partial charge on any atom is 0.271 e. The van der Waals surface area contributed by atoms with Gasteiger partial charge in [-0.3, -0.25) is 9.59 Å². The lowest BCUT2D eigenvalue weighted by molar-refractivity contribution is -0.115. The molecule has 1 aliphatic rings. The standard InChI is InChI=1S/C21H23N3O6/c1-13(23-24-21(26)14-9-16(27-2)12-17(10-14)28-3)8-20(25)22-15-4-5-18-19(11-15)30-7-6-29-18/h4-5,9-12H,6-8H2,1-3H3,(H,22,25)(H,24,26). The summed E-state index contributed by atoms with van der Waals surface area (Å²) in [5.74, 6) is 1.49. The molecule has 0 aromatic heterocycles. The summed E-state index contributed by atoms with van der Waals surface area (Å²) >= 11 is 0. The minimum atomic E-state index is -0.446. The summed E-state index contributed by atoms with van der Waals surface area (Å²) in [6.45, 7) is 2.62. The van der Waals surface area contributed by atoms with Crippen LogP contribution < -0.4 is 29.7 Å². The Labute approximate surface area is 174 Å². The third-order valence-electron chi connectivity index (χ3n) is 4.20. The predicted octanol–water partition coefficient (Wildman–Crippen LogP) is 2.61. The highest BCUT2D eigenvalue weighted by molar-refractivity contribution is 6.06. The van der Waals surface area contributed by atoms with E-state index in [1.165, 1.54) is 14.2 Å². The fraction of sp³-hybridized carbons (Fsp3) is 0.286. The molecule has 2 aromatic carbocycles. The Hall–Kier alpha value is -3.75. The first-order valence-corrected chi connectivity index (χ1v) is 9.24. The molecule has 1 heterocycles. The number of rotatable bonds is 7. The van der Waals surface area contributed by atoms with Crippen LogP contribution in [0.1, 0.15) is 23.7 Å². The molecule has 2 aromatic rings. The van der Waals surface area contributed by atoms with E-state index in [1.54, 1.807) is 43.3 Å². The van der Waals surface area contributed by atoms with E-state index in [0.717, 1.165) is 0 Å². The third kappa shape index (κ3) is 5.40. The number of ether oxygens (including phenoxy) is 4. The van der Waals surface area contributed by atoms with Crippen LogP contribution in [0.25, 0.3) is 0 Å². The van der Waals surface area contributed by atoms with Gasteiger partial charge in [-0.1, -0.05) is 0 Å². The van der Waals surface area contributed by atoms with E-state index in [2.05, 4.69) is 15.8 Å². The minimum Gasteiger partial charge on any atom is -0.497 e. The molecule has 0 aliphatic carbocycles. The Kier molecular flexibility index (Phi) is 6.74. The average molecular weight is 413 g/mol. The molecular formula is C21H23N3O6. The van der Waals surface area contributed by atoms with Crippen molar-refractivity contribution in [2.75, 3.05) is 32.8 Å². The number of fused-ring (bicyclic) bond motifs is 1. The van der Waals surface area contributed by atoms with E-state index in [1.807, 2.05) is 0 Å².